The minimum Gasteiger partial charge on any atom is -0.367 e. The molecule has 3 atom stereocenters. The lowest BCUT2D eigenvalue weighted by Crippen LogP contribution is -2.46. The number of benzene rings is 1. The van der Waals surface area contributed by atoms with Crippen LogP contribution >= 0.6 is 0 Å². The minimum absolute atomic E-state index is 0.0314. The molecule has 0 radical (unpaired) electrons. The highest BCUT2D eigenvalue weighted by atomic mass is 16.6. The van der Waals surface area contributed by atoms with E-state index in [-0.39, 0.29) is 5.69 Å². The van der Waals surface area contributed by atoms with Crippen LogP contribution in [0.3, 0.4) is 0 Å². The van der Waals surface area contributed by atoms with Crippen molar-refractivity contribution >= 4 is 11.4 Å². The molecule has 1 aliphatic heterocycles. The fraction of sp³-hybridized carbons (Fsp3) is 0.533. The van der Waals surface area contributed by atoms with Crippen molar-refractivity contribution < 1.29 is 4.92 Å². The number of hydrogen-bond donors (Lipinski definition) is 0. The van der Waals surface area contributed by atoms with Gasteiger partial charge in [-0.2, -0.15) is 5.26 Å². The van der Waals surface area contributed by atoms with Gasteiger partial charge in [-0.05, 0) is 31.2 Å². The molecule has 0 spiro atoms. The van der Waals surface area contributed by atoms with E-state index in [1.807, 2.05) is 0 Å². The third kappa shape index (κ3) is 2.60. The summed E-state index contributed by atoms with van der Waals surface area (Å²) < 4.78 is 0. The Morgan fingerprint density at radius 1 is 1.40 bits per heavy atom. The highest BCUT2D eigenvalue weighted by molar-refractivity contribution is 5.63. The Morgan fingerprint density at radius 3 is 2.70 bits per heavy atom. The molecule has 20 heavy (non-hydrogen) atoms. The Morgan fingerprint density at radius 2 is 2.10 bits per heavy atom. The van der Waals surface area contributed by atoms with Crippen LogP contribution < -0.4 is 4.90 Å². The zero-order chi connectivity index (χ0) is 14.9. The normalized spacial score (nSPS) is 26.1. The van der Waals surface area contributed by atoms with Crippen LogP contribution in [0.15, 0.2) is 18.2 Å². The molecule has 0 amide bonds. The highest BCUT2D eigenvalue weighted by Gasteiger charge is 2.30. The molecule has 5 heteroatoms. The third-order valence-corrected chi connectivity index (χ3v) is 4.22. The van der Waals surface area contributed by atoms with Crippen molar-refractivity contribution in [1.29, 1.82) is 5.26 Å². The Hall–Kier alpha value is -2.09. The number of rotatable bonds is 2. The van der Waals surface area contributed by atoms with Gasteiger partial charge in [0.05, 0.1) is 16.2 Å². The van der Waals surface area contributed by atoms with E-state index in [9.17, 15) is 15.4 Å². The van der Waals surface area contributed by atoms with Gasteiger partial charge in [0.25, 0.3) is 5.69 Å². The summed E-state index contributed by atoms with van der Waals surface area (Å²) in [5.41, 5.74) is 1.16. The molecular formula is C15H19N3O2. The number of nitro benzene ring substituents is 1. The van der Waals surface area contributed by atoms with Crippen LogP contribution in [0.5, 0.6) is 0 Å². The molecule has 3 unspecified atom stereocenters. The maximum atomic E-state index is 10.8. The van der Waals surface area contributed by atoms with Crippen LogP contribution in [0.4, 0.5) is 11.4 Å². The average molecular weight is 273 g/mol. The fourth-order valence-electron chi connectivity index (χ4n) is 3.01. The average Bonchev–Trinajstić information content (AvgIpc) is 2.42. The molecule has 1 saturated heterocycles. The number of non-ortho nitro benzene ring substituents is 1. The van der Waals surface area contributed by atoms with Gasteiger partial charge < -0.3 is 4.90 Å². The first-order valence-corrected chi connectivity index (χ1v) is 6.89. The van der Waals surface area contributed by atoms with Gasteiger partial charge in [0, 0.05) is 24.7 Å². The Balaban J connectivity index is 2.41. The van der Waals surface area contributed by atoms with Crippen LogP contribution in [0.25, 0.3) is 0 Å². The number of piperidine rings is 1. The third-order valence-electron chi connectivity index (χ3n) is 4.22. The second-order valence-electron chi connectivity index (χ2n) is 5.78. The van der Waals surface area contributed by atoms with Gasteiger partial charge in [-0.15, -0.1) is 0 Å². The van der Waals surface area contributed by atoms with E-state index in [0.29, 0.717) is 23.4 Å². The zero-order valence-corrected chi connectivity index (χ0v) is 12.0. The number of anilines is 1. The predicted octanol–water partition coefficient (Wildman–Crippen LogP) is 3.34. The summed E-state index contributed by atoms with van der Waals surface area (Å²) >= 11 is 0. The van der Waals surface area contributed by atoms with Crippen LogP contribution in [0, 0.1) is 33.3 Å². The van der Waals surface area contributed by atoms with Gasteiger partial charge in [-0.25, -0.2) is 0 Å². The van der Waals surface area contributed by atoms with E-state index >= 15 is 0 Å². The van der Waals surface area contributed by atoms with Crippen LogP contribution in [-0.2, 0) is 0 Å². The van der Waals surface area contributed by atoms with Gasteiger partial charge in [0.1, 0.15) is 6.07 Å². The SMILES string of the molecule is CC1CC(C)C(C)N(c2ccc([N+](=O)[O-])cc2C#N)C1. The maximum absolute atomic E-state index is 10.8. The van der Waals surface area contributed by atoms with Crippen LogP contribution in [0.1, 0.15) is 32.8 Å². The van der Waals surface area contributed by atoms with Gasteiger partial charge in [-0.3, -0.25) is 10.1 Å². The van der Waals surface area contributed by atoms with Crippen molar-refractivity contribution in [1.82, 2.24) is 0 Å². The molecule has 0 N–H and O–H groups in total. The van der Waals surface area contributed by atoms with E-state index in [4.69, 9.17) is 0 Å². The van der Waals surface area contributed by atoms with Crippen LogP contribution in [-0.4, -0.2) is 17.5 Å². The van der Waals surface area contributed by atoms with E-state index in [1.54, 1.807) is 6.07 Å². The van der Waals surface area contributed by atoms with Gasteiger partial charge >= 0.3 is 0 Å². The van der Waals surface area contributed by atoms with Crippen molar-refractivity contribution in [2.75, 3.05) is 11.4 Å². The number of nitro groups is 1. The quantitative estimate of drug-likeness (QED) is 0.612. The van der Waals surface area contributed by atoms with Crippen LogP contribution in [0.2, 0.25) is 0 Å². The lowest BCUT2D eigenvalue weighted by Gasteiger charge is -2.43. The molecule has 1 heterocycles. The van der Waals surface area contributed by atoms with E-state index in [0.717, 1.165) is 12.2 Å². The molecule has 106 valence electrons. The second-order valence-corrected chi connectivity index (χ2v) is 5.78. The summed E-state index contributed by atoms with van der Waals surface area (Å²) in [7, 11) is 0. The molecule has 1 aliphatic rings. The summed E-state index contributed by atoms with van der Waals surface area (Å²) in [6.07, 6.45) is 1.17. The lowest BCUT2D eigenvalue weighted by molar-refractivity contribution is -0.384. The Labute approximate surface area is 119 Å². The number of nitrogens with zero attached hydrogens (tertiary/aromatic N) is 3. The first-order chi connectivity index (χ1) is 9.43. The van der Waals surface area contributed by atoms with E-state index in [1.165, 1.54) is 18.6 Å². The predicted molar refractivity (Wildman–Crippen MR) is 77.6 cm³/mol. The van der Waals surface area contributed by atoms with E-state index < -0.39 is 4.92 Å². The molecule has 1 aromatic carbocycles. The number of nitriles is 1. The zero-order valence-electron chi connectivity index (χ0n) is 12.0. The smallest absolute Gasteiger partial charge is 0.270 e. The molecule has 2 rings (SSSR count). The van der Waals surface area contributed by atoms with Crippen molar-refractivity contribution in [3.8, 4) is 6.07 Å². The van der Waals surface area contributed by atoms with E-state index in [2.05, 4.69) is 31.7 Å². The van der Waals surface area contributed by atoms with Gasteiger partial charge in [0.2, 0.25) is 0 Å². The molecule has 0 saturated carbocycles. The first-order valence-electron chi connectivity index (χ1n) is 6.89. The summed E-state index contributed by atoms with van der Waals surface area (Å²) in [5, 5.41) is 20.1. The molecule has 5 nitrogen and oxygen atoms in total. The Kier molecular flexibility index (Phi) is 3.93. The topological polar surface area (TPSA) is 70.2 Å². The summed E-state index contributed by atoms with van der Waals surface area (Å²) in [4.78, 5) is 12.6. The minimum atomic E-state index is -0.463. The molecule has 0 aliphatic carbocycles. The van der Waals surface area contributed by atoms with Gasteiger partial charge in [0.15, 0.2) is 0 Å². The monoisotopic (exact) mass is 273 g/mol. The lowest BCUT2D eigenvalue weighted by atomic mass is 9.85. The summed E-state index contributed by atoms with van der Waals surface area (Å²) in [6, 6.07) is 6.98. The Bertz CT molecular complexity index is 565. The standard InChI is InChI=1S/C15H19N3O2/c1-10-6-11(2)12(3)17(9-10)15-5-4-14(18(19)20)7-13(15)8-16/h4-5,7,10-12H,6,9H2,1-3H3. The number of hydrogen-bond acceptors (Lipinski definition) is 4. The largest absolute Gasteiger partial charge is 0.367 e. The molecular weight excluding hydrogens is 254 g/mol. The molecule has 0 bridgehead atoms. The molecule has 1 aromatic rings. The molecule has 1 fully saturated rings. The van der Waals surface area contributed by atoms with Crippen molar-refractivity contribution in [3.05, 3.63) is 33.9 Å². The summed E-state index contributed by atoms with van der Waals surface area (Å²) in [6.45, 7) is 7.45. The second kappa shape index (κ2) is 5.49. The van der Waals surface area contributed by atoms with Crippen molar-refractivity contribution in [2.45, 2.75) is 33.2 Å². The van der Waals surface area contributed by atoms with Crippen molar-refractivity contribution in [2.24, 2.45) is 11.8 Å². The fourth-order valence-corrected chi connectivity index (χ4v) is 3.01. The van der Waals surface area contributed by atoms with Crippen molar-refractivity contribution in [3.63, 3.8) is 0 Å². The molecule has 0 aromatic heterocycles. The highest BCUT2D eigenvalue weighted by Crippen LogP contribution is 2.34. The van der Waals surface area contributed by atoms with Gasteiger partial charge in [-0.1, -0.05) is 13.8 Å². The maximum Gasteiger partial charge on any atom is 0.270 e. The summed E-state index contributed by atoms with van der Waals surface area (Å²) in [5.74, 6) is 1.10. The first kappa shape index (κ1) is 14.3.